The van der Waals surface area contributed by atoms with Crippen molar-refractivity contribution in [1.82, 2.24) is 0 Å². The molecule has 0 bridgehead atoms. The monoisotopic (exact) mass is 265 g/mol. The fourth-order valence-electron chi connectivity index (χ4n) is 1.98. The molecule has 0 aromatic carbocycles. The Morgan fingerprint density at radius 3 is 2.79 bits per heavy atom. The second-order valence-electron chi connectivity index (χ2n) is 4.93. The summed E-state index contributed by atoms with van der Waals surface area (Å²) in [6.07, 6.45) is 7.10. The molecular weight excluding hydrogens is 238 g/mol. The molecule has 0 aromatic rings. The smallest absolute Gasteiger partial charge is 0.117 e. The maximum absolute atomic E-state index is 5.70. The molecule has 108 valence electrons. The van der Waals surface area contributed by atoms with Gasteiger partial charge in [-0.15, -0.1) is 0 Å². The Hall–Kier alpha value is -1.09. The van der Waals surface area contributed by atoms with E-state index in [1.807, 2.05) is 19.9 Å². The quantitative estimate of drug-likeness (QED) is 0.618. The molecule has 0 amide bonds. The number of aliphatic imine (C=N–C) groups is 1. The predicted molar refractivity (Wildman–Crippen MR) is 80.4 cm³/mol. The molecule has 0 spiro atoms. The summed E-state index contributed by atoms with van der Waals surface area (Å²) in [5, 5.41) is 0. The summed E-state index contributed by atoms with van der Waals surface area (Å²) in [7, 11) is 0. The third kappa shape index (κ3) is 6.06. The van der Waals surface area contributed by atoms with E-state index < -0.39 is 0 Å². The number of hydrogen-bond donors (Lipinski definition) is 0. The van der Waals surface area contributed by atoms with Crippen molar-refractivity contribution in [2.45, 2.75) is 47.0 Å². The minimum atomic E-state index is 0.455. The van der Waals surface area contributed by atoms with Gasteiger partial charge >= 0.3 is 0 Å². The molecule has 1 aliphatic rings. The summed E-state index contributed by atoms with van der Waals surface area (Å²) in [5.74, 6) is 1.41. The van der Waals surface area contributed by atoms with Crippen molar-refractivity contribution in [2.24, 2.45) is 10.9 Å². The Kier molecular flexibility index (Phi) is 7.49. The van der Waals surface area contributed by atoms with E-state index in [1.54, 1.807) is 0 Å². The molecule has 3 heteroatoms. The van der Waals surface area contributed by atoms with Gasteiger partial charge in [0, 0.05) is 37.1 Å². The lowest BCUT2D eigenvalue weighted by atomic mass is 9.99. The zero-order chi connectivity index (χ0) is 14.1. The molecule has 0 radical (unpaired) electrons. The van der Waals surface area contributed by atoms with E-state index in [-0.39, 0.29) is 0 Å². The lowest BCUT2D eigenvalue weighted by Crippen LogP contribution is -2.13. The highest BCUT2D eigenvalue weighted by molar-refractivity contribution is 5.89. The normalized spacial score (nSPS) is 17.2. The number of hydrogen-bond acceptors (Lipinski definition) is 3. The van der Waals surface area contributed by atoms with Crippen molar-refractivity contribution < 1.29 is 9.47 Å². The highest BCUT2D eigenvalue weighted by atomic mass is 16.5. The maximum atomic E-state index is 5.70. The molecule has 1 aliphatic heterocycles. The highest BCUT2D eigenvalue weighted by Gasteiger charge is 2.12. The highest BCUT2D eigenvalue weighted by Crippen LogP contribution is 2.18. The summed E-state index contributed by atoms with van der Waals surface area (Å²) < 4.78 is 11.1. The second-order valence-corrected chi connectivity index (χ2v) is 4.93. The van der Waals surface area contributed by atoms with Crippen LogP contribution in [0.5, 0.6) is 0 Å². The molecule has 1 heterocycles. The van der Waals surface area contributed by atoms with Gasteiger partial charge in [-0.2, -0.15) is 0 Å². The lowest BCUT2D eigenvalue weighted by molar-refractivity contribution is 0.140. The first kappa shape index (κ1) is 16.0. The summed E-state index contributed by atoms with van der Waals surface area (Å²) in [6, 6.07) is 0. The Labute approximate surface area is 117 Å². The van der Waals surface area contributed by atoms with Gasteiger partial charge in [0.15, 0.2) is 0 Å². The van der Waals surface area contributed by atoms with Gasteiger partial charge in [-0.1, -0.05) is 13.8 Å². The molecule has 1 rings (SSSR count). The van der Waals surface area contributed by atoms with Gasteiger partial charge in [-0.3, -0.25) is 4.99 Å². The van der Waals surface area contributed by atoms with Crippen LogP contribution >= 0.6 is 0 Å². The molecule has 1 unspecified atom stereocenters. The number of rotatable bonds is 8. The Morgan fingerprint density at radius 2 is 2.11 bits per heavy atom. The number of ether oxygens (including phenoxy) is 2. The summed E-state index contributed by atoms with van der Waals surface area (Å²) in [4.78, 5) is 4.70. The van der Waals surface area contributed by atoms with Crippen LogP contribution < -0.4 is 0 Å². The van der Waals surface area contributed by atoms with Crippen LogP contribution in [-0.2, 0) is 9.47 Å². The van der Waals surface area contributed by atoms with E-state index in [1.165, 1.54) is 5.71 Å². The van der Waals surface area contributed by atoms with Crippen molar-refractivity contribution >= 4 is 5.71 Å². The van der Waals surface area contributed by atoms with Crippen LogP contribution in [0.3, 0.4) is 0 Å². The van der Waals surface area contributed by atoms with E-state index in [4.69, 9.17) is 14.5 Å². The van der Waals surface area contributed by atoms with Crippen LogP contribution in [0.25, 0.3) is 0 Å². The van der Waals surface area contributed by atoms with Gasteiger partial charge in [0.2, 0.25) is 0 Å². The Bertz CT molecular complexity index is 356. The molecule has 0 N–H and O–H groups in total. The van der Waals surface area contributed by atoms with Crippen molar-refractivity contribution in [3.8, 4) is 0 Å². The molecule has 0 saturated carbocycles. The van der Waals surface area contributed by atoms with E-state index in [9.17, 15) is 0 Å². The first-order valence-electron chi connectivity index (χ1n) is 7.33. The third-order valence-corrected chi connectivity index (χ3v) is 3.12. The number of allylic oxidation sites excluding steroid dienone is 3. The molecule has 0 aromatic heterocycles. The van der Waals surface area contributed by atoms with E-state index in [0.29, 0.717) is 5.92 Å². The van der Waals surface area contributed by atoms with E-state index >= 15 is 0 Å². The first-order valence-corrected chi connectivity index (χ1v) is 7.33. The predicted octanol–water partition coefficient (Wildman–Crippen LogP) is 4.11. The van der Waals surface area contributed by atoms with Crippen LogP contribution in [0.15, 0.2) is 28.6 Å². The van der Waals surface area contributed by atoms with Gasteiger partial charge in [0.25, 0.3) is 0 Å². The molecular formula is C16H27NO2. The second kappa shape index (κ2) is 8.92. The molecule has 19 heavy (non-hydrogen) atoms. The van der Waals surface area contributed by atoms with Gasteiger partial charge < -0.3 is 9.47 Å². The molecule has 0 fully saturated rings. The minimum absolute atomic E-state index is 0.455. The van der Waals surface area contributed by atoms with Crippen LogP contribution in [0.1, 0.15) is 47.0 Å². The van der Waals surface area contributed by atoms with E-state index in [2.05, 4.69) is 19.9 Å². The zero-order valence-electron chi connectivity index (χ0n) is 12.7. The maximum Gasteiger partial charge on any atom is 0.117 e. The average molecular weight is 265 g/mol. The van der Waals surface area contributed by atoms with Gasteiger partial charge in [-0.25, -0.2) is 0 Å². The van der Waals surface area contributed by atoms with Gasteiger partial charge in [-0.05, 0) is 38.7 Å². The van der Waals surface area contributed by atoms with Crippen LogP contribution in [0, 0.1) is 5.92 Å². The van der Waals surface area contributed by atoms with Crippen LogP contribution in [-0.4, -0.2) is 25.5 Å². The fraction of sp³-hybridized carbons (Fsp3) is 0.688. The van der Waals surface area contributed by atoms with Gasteiger partial charge in [0.1, 0.15) is 5.76 Å². The average Bonchev–Trinajstić information content (AvgIpc) is 2.58. The first-order chi connectivity index (χ1) is 9.17. The molecule has 0 aliphatic carbocycles. The minimum Gasteiger partial charge on any atom is -0.494 e. The van der Waals surface area contributed by atoms with Crippen molar-refractivity contribution in [3.63, 3.8) is 0 Å². The fourth-order valence-corrected chi connectivity index (χ4v) is 1.98. The van der Waals surface area contributed by atoms with E-state index in [0.717, 1.165) is 50.5 Å². The summed E-state index contributed by atoms with van der Waals surface area (Å²) >= 11 is 0. The Balaban J connectivity index is 2.57. The van der Waals surface area contributed by atoms with Gasteiger partial charge in [0.05, 0.1) is 6.61 Å². The lowest BCUT2D eigenvalue weighted by Gasteiger charge is -2.13. The van der Waals surface area contributed by atoms with Crippen LogP contribution in [0.4, 0.5) is 0 Å². The molecule has 3 nitrogen and oxygen atoms in total. The molecule has 1 atom stereocenters. The zero-order valence-corrected chi connectivity index (χ0v) is 12.7. The SMILES string of the molecule is CCCOC1=CCC(C(C)CCOCC)=NC(C)=C1. The topological polar surface area (TPSA) is 30.8 Å². The van der Waals surface area contributed by atoms with Crippen molar-refractivity contribution in [3.05, 3.63) is 23.6 Å². The van der Waals surface area contributed by atoms with Crippen molar-refractivity contribution in [2.75, 3.05) is 19.8 Å². The molecule has 0 saturated heterocycles. The van der Waals surface area contributed by atoms with Crippen LogP contribution in [0.2, 0.25) is 0 Å². The van der Waals surface area contributed by atoms with Crippen molar-refractivity contribution in [1.29, 1.82) is 0 Å². The summed E-state index contributed by atoms with van der Waals surface area (Å²) in [6.45, 7) is 10.8. The number of nitrogens with zero attached hydrogens (tertiary/aromatic N) is 1. The Morgan fingerprint density at radius 1 is 1.32 bits per heavy atom. The third-order valence-electron chi connectivity index (χ3n) is 3.12. The standard InChI is InChI=1S/C16H27NO2/c1-5-10-19-15-7-8-16(17-14(4)12-15)13(3)9-11-18-6-2/h7,12-13H,5-6,8-11H2,1-4H3. The largest absolute Gasteiger partial charge is 0.494 e. The summed E-state index contributed by atoms with van der Waals surface area (Å²) in [5.41, 5.74) is 2.25.